The quantitative estimate of drug-likeness (QED) is 0.723. The number of ether oxygens (including phenoxy) is 1. The van der Waals surface area contributed by atoms with Crippen LogP contribution in [0.2, 0.25) is 0 Å². The van der Waals surface area contributed by atoms with E-state index in [9.17, 15) is 4.79 Å². The minimum Gasteiger partial charge on any atom is -0.381 e. The predicted octanol–water partition coefficient (Wildman–Crippen LogP) is 2.01. The molecule has 0 aromatic carbocycles. The van der Waals surface area contributed by atoms with Crippen molar-refractivity contribution in [3.63, 3.8) is 0 Å². The van der Waals surface area contributed by atoms with Crippen molar-refractivity contribution in [2.75, 3.05) is 13.2 Å². The van der Waals surface area contributed by atoms with Crippen molar-refractivity contribution in [2.24, 2.45) is 0 Å². The van der Waals surface area contributed by atoms with Crippen LogP contribution in [-0.2, 0) is 4.74 Å². The van der Waals surface area contributed by atoms with Crippen LogP contribution in [0.5, 0.6) is 0 Å². The molecule has 0 saturated heterocycles. The topological polar surface area (TPSA) is 54.1 Å². The molecule has 2 N–H and O–H groups in total. The highest BCUT2D eigenvalue weighted by molar-refractivity contribution is 5.98. The Kier molecular flexibility index (Phi) is 3.62. The first-order valence-electron chi connectivity index (χ1n) is 5.88. The van der Waals surface area contributed by atoms with Gasteiger partial charge in [0.1, 0.15) is 0 Å². The Morgan fingerprint density at radius 3 is 3.12 bits per heavy atom. The number of carbonyl (C=O) groups is 1. The molecule has 0 unspecified atom stereocenters. The zero-order chi connectivity index (χ0) is 11.4. The fourth-order valence-corrected chi connectivity index (χ4v) is 1.94. The summed E-state index contributed by atoms with van der Waals surface area (Å²) >= 11 is 0. The van der Waals surface area contributed by atoms with Crippen LogP contribution in [0.3, 0.4) is 0 Å². The average Bonchev–Trinajstić information content (AvgIpc) is 2.84. The van der Waals surface area contributed by atoms with Crippen molar-refractivity contribution in [3.05, 3.63) is 23.5 Å². The standard InChI is InChI=1S/C12H18N2O2/c1-2-3-7-16-8-5-10-11-9(4-6-13-11)12(15)14-10/h4,6,10,13H,2-3,5,7-8H2,1H3,(H,14,15)/t10-/m1/s1. The van der Waals surface area contributed by atoms with Crippen molar-refractivity contribution in [2.45, 2.75) is 32.2 Å². The third-order valence-electron chi connectivity index (χ3n) is 2.87. The van der Waals surface area contributed by atoms with Gasteiger partial charge in [-0.1, -0.05) is 13.3 Å². The number of hydrogen-bond donors (Lipinski definition) is 2. The lowest BCUT2D eigenvalue weighted by atomic mass is 10.1. The van der Waals surface area contributed by atoms with Crippen molar-refractivity contribution in [3.8, 4) is 0 Å². The van der Waals surface area contributed by atoms with Gasteiger partial charge in [-0.25, -0.2) is 0 Å². The van der Waals surface area contributed by atoms with Crippen LogP contribution in [0.4, 0.5) is 0 Å². The molecule has 0 spiro atoms. The summed E-state index contributed by atoms with van der Waals surface area (Å²) in [6.07, 6.45) is 4.91. The molecule has 4 nitrogen and oxygen atoms in total. The van der Waals surface area contributed by atoms with E-state index in [4.69, 9.17) is 4.74 Å². The van der Waals surface area contributed by atoms with Gasteiger partial charge in [-0.05, 0) is 18.9 Å². The molecule has 0 radical (unpaired) electrons. The third-order valence-corrected chi connectivity index (χ3v) is 2.87. The van der Waals surface area contributed by atoms with Gasteiger partial charge in [0.25, 0.3) is 5.91 Å². The molecule has 1 aliphatic heterocycles. The van der Waals surface area contributed by atoms with E-state index in [1.807, 2.05) is 12.3 Å². The van der Waals surface area contributed by atoms with Gasteiger partial charge in [-0.2, -0.15) is 0 Å². The second-order valence-electron chi connectivity index (χ2n) is 4.09. The molecule has 1 amide bonds. The first-order valence-corrected chi connectivity index (χ1v) is 5.88. The molecule has 4 heteroatoms. The number of carbonyl (C=O) groups excluding carboxylic acids is 1. The fraction of sp³-hybridized carbons (Fsp3) is 0.583. The van der Waals surface area contributed by atoms with Gasteiger partial charge < -0.3 is 15.0 Å². The number of amides is 1. The lowest BCUT2D eigenvalue weighted by molar-refractivity contribution is 0.0933. The Morgan fingerprint density at radius 2 is 2.31 bits per heavy atom. The maximum absolute atomic E-state index is 11.5. The zero-order valence-corrected chi connectivity index (χ0v) is 9.58. The van der Waals surface area contributed by atoms with E-state index in [0.717, 1.165) is 37.1 Å². The molecule has 2 heterocycles. The number of nitrogens with one attached hydrogen (secondary N) is 2. The fourth-order valence-electron chi connectivity index (χ4n) is 1.94. The van der Waals surface area contributed by atoms with E-state index in [-0.39, 0.29) is 11.9 Å². The van der Waals surface area contributed by atoms with Gasteiger partial charge in [0.2, 0.25) is 0 Å². The zero-order valence-electron chi connectivity index (χ0n) is 9.58. The number of H-pyrrole nitrogens is 1. The minimum absolute atomic E-state index is 0.0230. The van der Waals surface area contributed by atoms with Crippen LogP contribution >= 0.6 is 0 Å². The highest BCUT2D eigenvalue weighted by Crippen LogP contribution is 2.25. The van der Waals surface area contributed by atoms with Gasteiger partial charge in [-0.3, -0.25) is 4.79 Å². The number of unbranched alkanes of at least 4 members (excludes halogenated alkanes) is 1. The molecule has 1 aliphatic rings. The molecule has 1 atom stereocenters. The van der Waals surface area contributed by atoms with Crippen LogP contribution in [-0.4, -0.2) is 24.1 Å². The summed E-state index contributed by atoms with van der Waals surface area (Å²) in [6.45, 7) is 3.66. The molecule has 0 aliphatic carbocycles. The normalized spacial score (nSPS) is 18.6. The summed E-state index contributed by atoms with van der Waals surface area (Å²) in [7, 11) is 0. The highest BCUT2D eigenvalue weighted by Gasteiger charge is 2.28. The smallest absolute Gasteiger partial charge is 0.253 e. The molecular weight excluding hydrogens is 204 g/mol. The van der Waals surface area contributed by atoms with E-state index < -0.39 is 0 Å². The van der Waals surface area contributed by atoms with Gasteiger partial charge >= 0.3 is 0 Å². The summed E-state index contributed by atoms with van der Waals surface area (Å²) in [5.74, 6) is 0.0230. The summed E-state index contributed by atoms with van der Waals surface area (Å²) in [4.78, 5) is 14.6. The average molecular weight is 222 g/mol. The molecule has 1 aromatic rings. The van der Waals surface area contributed by atoms with Crippen molar-refractivity contribution in [1.29, 1.82) is 0 Å². The predicted molar refractivity (Wildman–Crippen MR) is 61.3 cm³/mol. The number of aromatic nitrogens is 1. The van der Waals surface area contributed by atoms with Gasteiger partial charge in [0.15, 0.2) is 0 Å². The lowest BCUT2D eigenvalue weighted by Crippen LogP contribution is -2.21. The first kappa shape index (κ1) is 11.2. The van der Waals surface area contributed by atoms with Crippen LogP contribution in [0, 0.1) is 0 Å². The van der Waals surface area contributed by atoms with Crippen molar-refractivity contribution >= 4 is 5.91 Å². The van der Waals surface area contributed by atoms with Crippen molar-refractivity contribution < 1.29 is 9.53 Å². The molecular formula is C12H18N2O2. The van der Waals surface area contributed by atoms with Crippen molar-refractivity contribution in [1.82, 2.24) is 10.3 Å². The molecule has 16 heavy (non-hydrogen) atoms. The molecule has 0 fully saturated rings. The number of fused-ring (bicyclic) bond motifs is 1. The number of rotatable bonds is 6. The SMILES string of the molecule is CCCCOCC[C@H]1NC(=O)c2cc[nH]c21. The minimum atomic E-state index is 0.0230. The second kappa shape index (κ2) is 5.16. The Balaban J connectivity index is 1.78. The Bertz CT molecular complexity index is 360. The van der Waals surface area contributed by atoms with Gasteiger partial charge in [-0.15, -0.1) is 0 Å². The first-order chi connectivity index (χ1) is 7.83. The number of aromatic amines is 1. The highest BCUT2D eigenvalue weighted by atomic mass is 16.5. The summed E-state index contributed by atoms with van der Waals surface area (Å²) in [5, 5.41) is 2.94. The van der Waals surface area contributed by atoms with E-state index in [2.05, 4.69) is 17.2 Å². The third kappa shape index (κ3) is 2.27. The van der Waals surface area contributed by atoms with Gasteiger partial charge in [0, 0.05) is 19.4 Å². The Morgan fingerprint density at radius 1 is 1.44 bits per heavy atom. The second-order valence-corrected chi connectivity index (χ2v) is 4.09. The molecule has 0 saturated carbocycles. The largest absolute Gasteiger partial charge is 0.381 e. The lowest BCUT2D eigenvalue weighted by Gasteiger charge is -2.10. The van der Waals surface area contributed by atoms with Crippen LogP contribution in [0.25, 0.3) is 0 Å². The maximum Gasteiger partial charge on any atom is 0.253 e. The molecule has 2 rings (SSSR count). The maximum atomic E-state index is 11.5. The molecule has 1 aromatic heterocycles. The van der Waals surface area contributed by atoms with E-state index in [0.29, 0.717) is 6.61 Å². The summed E-state index contributed by atoms with van der Waals surface area (Å²) in [6, 6.07) is 1.92. The van der Waals surface area contributed by atoms with Gasteiger partial charge in [0.05, 0.1) is 17.3 Å². The summed E-state index contributed by atoms with van der Waals surface area (Å²) in [5.41, 5.74) is 1.78. The van der Waals surface area contributed by atoms with Crippen LogP contribution in [0.15, 0.2) is 12.3 Å². The van der Waals surface area contributed by atoms with Crippen LogP contribution < -0.4 is 5.32 Å². The monoisotopic (exact) mass is 222 g/mol. The Labute approximate surface area is 95.4 Å². The number of hydrogen-bond acceptors (Lipinski definition) is 2. The summed E-state index contributed by atoms with van der Waals surface area (Å²) < 4.78 is 5.50. The van der Waals surface area contributed by atoms with E-state index in [1.165, 1.54) is 0 Å². The molecule has 88 valence electrons. The van der Waals surface area contributed by atoms with Crippen LogP contribution in [0.1, 0.15) is 48.3 Å². The van der Waals surface area contributed by atoms with E-state index in [1.54, 1.807) is 0 Å². The van der Waals surface area contributed by atoms with E-state index >= 15 is 0 Å². The Hall–Kier alpha value is -1.29. The molecule has 0 bridgehead atoms.